The Bertz CT molecular complexity index is 1290. The highest BCUT2D eigenvalue weighted by Crippen LogP contribution is 2.29. The molecule has 172 valence electrons. The maximum atomic E-state index is 13.2. The minimum atomic E-state index is 0.0127. The summed E-state index contributed by atoms with van der Waals surface area (Å²) >= 11 is 1.62. The molecule has 0 aliphatic carbocycles. The minimum Gasteiger partial charge on any atom is -0.378 e. The van der Waals surface area contributed by atoms with E-state index in [1.807, 2.05) is 52.7 Å². The maximum Gasteiger partial charge on any atom is 0.254 e. The van der Waals surface area contributed by atoms with Crippen LogP contribution < -0.4 is 4.90 Å². The Morgan fingerprint density at radius 1 is 0.882 bits per heavy atom. The van der Waals surface area contributed by atoms with E-state index in [0.29, 0.717) is 25.2 Å². The van der Waals surface area contributed by atoms with Gasteiger partial charge in [0.15, 0.2) is 16.8 Å². The van der Waals surface area contributed by atoms with Crippen LogP contribution in [0.25, 0.3) is 22.6 Å². The Kier molecular flexibility index (Phi) is 5.56. The van der Waals surface area contributed by atoms with Gasteiger partial charge in [-0.25, -0.2) is 4.98 Å². The number of aromatic nitrogens is 4. The molecule has 8 nitrogen and oxygen atoms in total. The van der Waals surface area contributed by atoms with Gasteiger partial charge in [-0.3, -0.25) is 4.79 Å². The van der Waals surface area contributed by atoms with E-state index in [1.54, 1.807) is 11.3 Å². The van der Waals surface area contributed by atoms with Crippen molar-refractivity contribution < 1.29 is 9.53 Å². The van der Waals surface area contributed by atoms with Crippen molar-refractivity contribution in [3.63, 3.8) is 0 Å². The molecule has 0 unspecified atom stereocenters. The number of thiazole rings is 1. The Hall–Kier alpha value is -3.56. The zero-order valence-electron chi connectivity index (χ0n) is 18.6. The summed E-state index contributed by atoms with van der Waals surface area (Å²) in [6, 6.07) is 18.0. The molecule has 1 saturated heterocycles. The lowest BCUT2D eigenvalue weighted by Crippen LogP contribution is -2.38. The molecule has 2 aliphatic rings. The van der Waals surface area contributed by atoms with Crippen molar-refractivity contribution in [2.24, 2.45) is 0 Å². The van der Waals surface area contributed by atoms with E-state index in [2.05, 4.69) is 31.8 Å². The molecule has 0 N–H and O–H groups in total. The van der Waals surface area contributed by atoms with Crippen LogP contribution in [0.2, 0.25) is 0 Å². The highest BCUT2D eigenvalue weighted by atomic mass is 32.1. The van der Waals surface area contributed by atoms with Crippen molar-refractivity contribution in [2.45, 2.75) is 13.1 Å². The molecular weight excluding hydrogens is 448 g/mol. The molecule has 2 aliphatic heterocycles. The van der Waals surface area contributed by atoms with Crippen molar-refractivity contribution in [1.29, 1.82) is 0 Å². The first-order valence-corrected chi connectivity index (χ1v) is 12.3. The lowest BCUT2D eigenvalue weighted by atomic mass is 10.0. The van der Waals surface area contributed by atoms with Crippen molar-refractivity contribution in [2.75, 3.05) is 37.7 Å². The third kappa shape index (κ3) is 3.97. The third-order valence-electron chi connectivity index (χ3n) is 6.28. The summed E-state index contributed by atoms with van der Waals surface area (Å²) in [6.07, 6.45) is 0. The maximum absolute atomic E-state index is 13.2. The lowest BCUT2D eigenvalue weighted by Gasteiger charge is -2.28. The molecule has 4 heterocycles. The molecule has 0 saturated carbocycles. The summed E-state index contributed by atoms with van der Waals surface area (Å²) in [5, 5.41) is 11.8. The van der Waals surface area contributed by atoms with Crippen LogP contribution in [0, 0.1) is 0 Å². The van der Waals surface area contributed by atoms with Crippen LogP contribution in [0.15, 0.2) is 60.0 Å². The molecule has 0 bridgehead atoms. The molecule has 0 radical (unpaired) electrons. The minimum absolute atomic E-state index is 0.0127. The number of fused-ring (bicyclic) bond motifs is 1. The molecule has 34 heavy (non-hydrogen) atoms. The number of rotatable bonds is 4. The van der Waals surface area contributed by atoms with Crippen LogP contribution >= 0.6 is 11.3 Å². The van der Waals surface area contributed by atoms with E-state index in [0.717, 1.165) is 59.9 Å². The smallest absolute Gasteiger partial charge is 0.254 e. The van der Waals surface area contributed by atoms with Crippen LogP contribution in [-0.2, 0) is 17.8 Å². The highest BCUT2D eigenvalue weighted by molar-refractivity contribution is 7.14. The number of nitrogens with zero attached hydrogens (tertiary/aromatic N) is 6. The summed E-state index contributed by atoms with van der Waals surface area (Å²) in [5.74, 6) is 1.57. The van der Waals surface area contributed by atoms with Gasteiger partial charge in [0.25, 0.3) is 5.91 Å². The first-order chi connectivity index (χ1) is 16.8. The SMILES string of the molecule is O=C(c1ccc(-c2ccccc2)cc1)N1CCn2c(nnc2-c2csc(N3CCOCC3)n2)C1. The van der Waals surface area contributed by atoms with Crippen LogP contribution in [0.3, 0.4) is 0 Å². The monoisotopic (exact) mass is 472 g/mol. The van der Waals surface area contributed by atoms with E-state index in [1.165, 1.54) is 0 Å². The topological polar surface area (TPSA) is 76.4 Å². The molecule has 9 heteroatoms. The first-order valence-electron chi connectivity index (χ1n) is 11.4. The molecule has 2 aromatic carbocycles. The molecule has 1 fully saturated rings. The molecule has 0 spiro atoms. The average molecular weight is 473 g/mol. The number of anilines is 1. The van der Waals surface area contributed by atoms with E-state index >= 15 is 0 Å². The van der Waals surface area contributed by atoms with E-state index in [4.69, 9.17) is 9.72 Å². The average Bonchev–Trinajstić information content (AvgIpc) is 3.56. The fourth-order valence-corrected chi connectivity index (χ4v) is 5.26. The van der Waals surface area contributed by atoms with E-state index in [9.17, 15) is 4.79 Å². The highest BCUT2D eigenvalue weighted by Gasteiger charge is 2.27. The molecular formula is C25H24N6O2S. The van der Waals surface area contributed by atoms with Crippen LogP contribution in [-0.4, -0.2) is 63.4 Å². The Morgan fingerprint density at radius 2 is 1.65 bits per heavy atom. The second kappa shape index (κ2) is 9.00. The van der Waals surface area contributed by atoms with Gasteiger partial charge in [0.2, 0.25) is 0 Å². The number of amides is 1. The quantitative estimate of drug-likeness (QED) is 0.452. The largest absolute Gasteiger partial charge is 0.378 e. The lowest BCUT2D eigenvalue weighted by molar-refractivity contribution is 0.0708. The first kappa shape index (κ1) is 21.0. The number of carbonyl (C=O) groups excluding carboxylic acids is 1. The number of benzene rings is 2. The number of hydrogen-bond acceptors (Lipinski definition) is 7. The zero-order valence-corrected chi connectivity index (χ0v) is 19.4. The standard InChI is InChI=1S/C25H24N6O2S/c32-24(20-8-6-19(7-9-20)18-4-2-1-3-5-18)30-10-11-31-22(16-30)27-28-23(31)21-17-34-25(26-21)29-12-14-33-15-13-29/h1-9,17H,10-16H2. The summed E-state index contributed by atoms with van der Waals surface area (Å²) in [6.45, 7) is 4.87. The van der Waals surface area contributed by atoms with Gasteiger partial charge < -0.3 is 19.1 Å². The van der Waals surface area contributed by atoms with Gasteiger partial charge in [0.05, 0.1) is 19.8 Å². The molecule has 0 atom stereocenters. The van der Waals surface area contributed by atoms with Gasteiger partial charge in [-0.2, -0.15) is 0 Å². The summed E-state index contributed by atoms with van der Waals surface area (Å²) in [5.41, 5.74) is 3.75. The molecule has 2 aromatic heterocycles. The number of ether oxygens (including phenoxy) is 1. The van der Waals surface area contributed by atoms with Crippen molar-refractivity contribution in [1.82, 2.24) is 24.6 Å². The normalized spacial score (nSPS) is 15.9. The van der Waals surface area contributed by atoms with Gasteiger partial charge in [-0.15, -0.1) is 21.5 Å². The van der Waals surface area contributed by atoms with Gasteiger partial charge in [0, 0.05) is 37.1 Å². The second-order valence-electron chi connectivity index (χ2n) is 8.38. The number of morpholine rings is 1. The van der Waals surface area contributed by atoms with Gasteiger partial charge in [-0.1, -0.05) is 42.5 Å². The number of carbonyl (C=O) groups is 1. The fourth-order valence-electron chi connectivity index (χ4n) is 4.41. The third-order valence-corrected chi connectivity index (χ3v) is 7.18. The predicted octanol–water partition coefficient (Wildman–Crippen LogP) is 3.56. The van der Waals surface area contributed by atoms with Crippen LogP contribution in [0.1, 0.15) is 16.2 Å². The Morgan fingerprint density at radius 3 is 2.44 bits per heavy atom. The van der Waals surface area contributed by atoms with E-state index < -0.39 is 0 Å². The van der Waals surface area contributed by atoms with Crippen molar-refractivity contribution in [3.8, 4) is 22.6 Å². The second-order valence-corrected chi connectivity index (χ2v) is 9.21. The zero-order chi connectivity index (χ0) is 22.9. The summed E-state index contributed by atoms with van der Waals surface area (Å²) < 4.78 is 7.52. The van der Waals surface area contributed by atoms with Gasteiger partial charge >= 0.3 is 0 Å². The Balaban J connectivity index is 1.16. The fraction of sp³-hybridized carbons (Fsp3) is 0.280. The van der Waals surface area contributed by atoms with Gasteiger partial charge in [-0.05, 0) is 23.3 Å². The van der Waals surface area contributed by atoms with Crippen molar-refractivity contribution in [3.05, 3.63) is 71.4 Å². The van der Waals surface area contributed by atoms with Crippen LogP contribution in [0.4, 0.5) is 5.13 Å². The summed E-state index contributed by atoms with van der Waals surface area (Å²) in [4.78, 5) is 22.0. The Labute approximate surface area is 201 Å². The van der Waals surface area contributed by atoms with Crippen molar-refractivity contribution >= 4 is 22.4 Å². The van der Waals surface area contributed by atoms with Crippen LogP contribution in [0.5, 0.6) is 0 Å². The number of hydrogen-bond donors (Lipinski definition) is 0. The predicted molar refractivity (Wildman–Crippen MR) is 131 cm³/mol. The molecule has 1 amide bonds. The molecule has 6 rings (SSSR count). The molecule has 4 aromatic rings. The summed E-state index contributed by atoms with van der Waals surface area (Å²) in [7, 11) is 0. The van der Waals surface area contributed by atoms with Gasteiger partial charge in [0.1, 0.15) is 5.69 Å². The van der Waals surface area contributed by atoms with E-state index in [-0.39, 0.29) is 5.91 Å².